The molecule has 3 heterocycles. The van der Waals surface area contributed by atoms with Gasteiger partial charge in [-0.1, -0.05) is 0 Å². The molecule has 2 aromatic heterocycles. The van der Waals surface area contributed by atoms with Crippen LogP contribution in [0.4, 0.5) is 5.95 Å². The molecule has 0 radical (unpaired) electrons. The maximum absolute atomic E-state index is 5.64. The number of rotatable bonds is 4. The smallest absolute Gasteiger partial charge is 0.225 e. The summed E-state index contributed by atoms with van der Waals surface area (Å²) in [7, 11) is 0. The average molecular weight is 284 g/mol. The molecule has 2 N–H and O–H groups in total. The van der Waals surface area contributed by atoms with E-state index >= 15 is 0 Å². The molecule has 2 aromatic rings. The normalized spacial score (nSPS) is 16.1. The molecule has 1 saturated heterocycles. The fourth-order valence-electron chi connectivity index (χ4n) is 2.56. The maximum atomic E-state index is 5.64. The van der Waals surface area contributed by atoms with Crippen LogP contribution >= 0.6 is 0 Å². The maximum Gasteiger partial charge on any atom is 0.225 e. The first-order valence-electron chi connectivity index (χ1n) is 7.23. The summed E-state index contributed by atoms with van der Waals surface area (Å²) in [6.07, 6.45) is 5.42. The molecule has 0 unspecified atom stereocenters. The Hall–Kier alpha value is -2.05. The van der Waals surface area contributed by atoms with Crippen molar-refractivity contribution in [2.75, 3.05) is 31.1 Å². The highest BCUT2D eigenvalue weighted by Crippen LogP contribution is 2.12. The van der Waals surface area contributed by atoms with E-state index in [9.17, 15) is 0 Å². The number of aromatic nitrogens is 3. The second-order valence-corrected chi connectivity index (χ2v) is 5.17. The molecule has 0 spiro atoms. The third-order valence-corrected chi connectivity index (χ3v) is 3.70. The third kappa shape index (κ3) is 3.53. The van der Waals surface area contributed by atoms with Gasteiger partial charge in [0.2, 0.25) is 5.95 Å². The third-order valence-electron chi connectivity index (χ3n) is 3.70. The Kier molecular flexibility index (Phi) is 4.37. The number of pyridine rings is 1. The van der Waals surface area contributed by atoms with Gasteiger partial charge in [-0.05, 0) is 23.8 Å². The quantitative estimate of drug-likeness (QED) is 0.889. The molecule has 0 amide bonds. The first-order chi connectivity index (χ1) is 10.3. The van der Waals surface area contributed by atoms with Crippen LogP contribution in [0.1, 0.15) is 11.3 Å². The van der Waals surface area contributed by atoms with Crippen LogP contribution in [0.15, 0.2) is 36.8 Å². The Balaban J connectivity index is 1.56. The zero-order valence-corrected chi connectivity index (χ0v) is 12.0. The van der Waals surface area contributed by atoms with Crippen LogP contribution in [0.25, 0.3) is 0 Å². The predicted molar refractivity (Wildman–Crippen MR) is 81.7 cm³/mol. The first kappa shape index (κ1) is 13.9. The van der Waals surface area contributed by atoms with E-state index in [1.807, 2.05) is 12.3 Å². The van der Waals surface area contributed by atoms with Gasteiger partial charge in [0.05, 0.1) is 5.69 Å². The van der Waals surface area contributed by atoms with Crippen LogP contribution < -0.4 is 10.6 Å². The van der Waals surface area contributed by atoms with Crippen molar-refractivity contribution in [3.8, 4) is 0 Å². The average Bonchev–Trinajstić information content (AvgIpc) is 2.56. The fraction of sp³-hybridized carbons (Fsp3) is 0.400. The van der Waals surface area contributed by atoms with Crippen LogP contribution in [0, 0.1) is 0 Å². The lowest BCUT2D eigenvalue weighted by Crippen LogP contribution is -2.46. The fourth-order valence-corrected chi connectivity index (χ4v) is 2.56. The van der Waals surface area contributed by atoms with Gasteiger partial charge in [0.15, 0.2) is 0 Å². The number of nitrogens with two attached hydrogens (primary N) is 1. The Bertz CT molecular complexity index is 565. The van der Waals surface area contributed by atoms with E-state index in [4.69, 9.17) is 5.73 Å². The molecule has 1 aliphatic rings. The molecule has 0 bridgehead atoms. The van der Waals surface area contributed by atoms with Gasteiger partial charge in [0, 0.05) is 57.9 Å². The lowest BCUT2D eigenvalue weighted by atomic mass is 10.2. The summed E-state index contributed by atoms with van der Waals surface area (Å²) in [5.41, 5.74) is 7.86. The van der Waals surface area contributed by atoms with E-state index in [1.54, 1.807) is 12.4 Å². The van der Waals surface area contributed by atoms with Crippen LogP contribution in [0.2, 0.25) is 0 Å². The monoisotopic (exact) mass is 284 g/mol. The zero-order valence-electron chi connectivity index (χ0n) is 12.0. The number of nitrogens with zero attached hydrogens (tertiary/aromatic N) is 5. The Morgan fingerprint density at radius 2 is 1.76 bits per heavy atom. The molecular formula is C15H20N6. The van der Waals surface area contributed by atoms with Crippen LogP contribution in [0.5, 0.6) is 0 Å². The van der Waals surface area contributed by atoms with Crippen LogP contribution in [-0.2, 0) is 13.1 Å². The highest BCUT2D eigenvalue weighted by molar-refractivity contribution is 5.29. The van der Waals surface area contributed by atoms with Crippen LogP contribution in [-0.4, -0.2) is 46.0 Å². The van der Waals surface area contributed by atoms with Crippen molar-refractivity contribution < 1.29 is 0 Å². The van der Waals surface area contributed by atoms with Crippen molar-refractivity contribution in [1.82, 2.24) is 19.9 Å². The summed E-state index contributed by atoms with van der Waals surface area (Å²) < 4.78 is 0. The number of anilines is 1. The molecule has 3 rings (SSSR count). The van der Waals surface area contributed by atoms with Crippen molar-refractivity contribution in [1.29, 1.82) is 0 Å². The Morgan fingerprint density at radius 3 is 2.48 bits per heavy atom. The van der Waals surface area contributed by atoms with Gasteiger partial charge in [0.25, 0.3) is 0 Å². The summed E-state index contributed by atoms with van der Waals surface area (Å²) >= 11 is 0. The highest BCUT2D eigenvalue weighted by Gasteiger charge is 2.18. The van der Waals surface area contributed by atoms with Crippen molar-refractivity contribution in [3.05, 3.63) is 48.0 Å². The van der Waals surface area contributed by atoms with Gasteiger partial charge >= 0.3 is 0 Å². The molecule has 110 valence electrons. The molecule has 0 saturated carbocycles. The topological polar surface area (TPSA) is 71.2 Å². The van der Waals surface area contributed by atoms with E-state index in [0.717, 1.165) is 44.4 Å². The minimum atomic E-state index is 0.493. The summed E-state index contributed by atoms with van der Waals surface area (Å²) in [6.45, 7) is 5.38. The van der Waals surface area contributed by atoms with E-state index in [0.29, 0.717) is 6.54 Å². The summed E-state index contributed by atoms with van der Waals surface area (Å²) in [5.74, 6) is 0.825. The van der Waals surface area contributed by atoms with Crippen molar-refractivity contribution >= 4 is 5.95 Å². The molecule has 0 aromatic carbocycles. The van der Waals surface area contributed by atoms with E-state index in [1.165, 1.54) is 5.56 Å². The number of hydrogen-bond acceptors (Lipinski definition) is 6. The predicted octanol–water partition coefficient (Wildman–Crippen LogP) is 0.652. The van der Waals surface area contributed by atoms with E-state index in [2.05, 4.69) is 36.9 Å². The summed E-state index contributed by atoms with van der Waals surface area (Å²) in [5, 5.41) is 0. The highest BCUT2D eigenvalue weighted by atomic mass is 15.3. The van der Waals surface area contributed by atoms with Crippen molar-refractivity contribution in [2.45, 2.75) is 13.1 Å². The van der Waals surface area contributed by atoms with Gasteiger partial charge < -0.3 is 10.6 Å². The Labute approximate surface area is 124 Å². The standard InChI is InChI=1S/C15H20N6/c16-11-14-10-13(2-5-17-14)12-20-6-8-21(9-7-20)15-18-3-1-4-19-15/h1-5,10H,6-9,11-12,16H2. The summed E-state index contributed by atoms with van der Waals surface area (Å²) in [6, 6.07) is 6.00. The number of hydrogen-bond donors (Lipinski definition) is 1. The lowest BCUT2D eigenvalue weighted by molar-refractivity contribution is 0.248. The van der Waals surface area contributed by atoms with E-state index < -0.39 is 0 Å². The zero-order chi connectivity index (χ0) is 14.5. The molecule has 0 atom stereocenters. The van der Waals surface area contributed by atoms with Crippen molar-refractivity contribution in [3.63, 3.8) is 0 Å². The van der Waals surface area contributed by atoms with Crippen LogP contribution in [0.3, 0.4) is 0 Å². The van der Waals surface area contributed by atoms with Gasteiger partial charge in [-0.3, -0.25) is 9.88 Å². The first-order valence-corrected chi connectivity index (χ1v) is 7.23. The molecule has 21 heavy (non-hydrogen) atoms. The van der Waals surface area contributed by atoms with E-state index in [-0.39, 0.29) is 0 Å². The lowest BCUT2D eigenvalue weighted by Gasteiger charge is -2.34. The molecular weight excluding hydrogens is 264 g/mol. The minimum Gasteiger partial charge on any atom is -0.338 e. The molecule has 1 aliphatic heterocycles. The second-order valence-electron chi connectivity index (χ2n) is 5.17. The van der Waals surface area contributed by atoms with Gasteiger partial charge in [-0.2, -0.15) is 0 Å². The summed E-state index contributed by atoms with van der Waals surface area (Å²) in [4.78, 5) is 17.5. The number of piperazine rings is 1. The van der Waals surface area contributed by atoms with Gasteiger partial charge in [0.1, 0.15) is 0 Å². The van der Waals surface area contributed by atoms with Crippen molar-refractivity contribution in [2.24, 2.45) is 5.73 Å². The molecule has 1 fully saturated rings. The minimum absolute atomic E-state index is 0.493. The molecule has 6 nitrogen and oxygen atoms in total. The molecule has 6 heteroatoms. The van der Waals surface area contributed by atoms with Gasteiger partial charge in [-0.15, -0.1) is 0 Å². The largest absolute Gasteiger partial charge is 0.338 e. The van der Waals surface area contributed by atoms with Gasteiger partial charge in [-0.25, -0.2) is 9.97 Å². The SMILES string of the molecule is NCc1cc(CN2CCN(c3ncccn3)CC2)ccn1. The molecule has 0 aliphatic carbocycles. The Morgan fingerprint density at radius 1 is 1.00 bits per heavy atom. The second kappa shape index (κ2) is 6.60.